The molecule has 2 nitrogen and oxygen atoms in total. The predicted octanol–water partition coefficient (Wildman–Crippen LogP) is 20.5. The van der Waals surface area contributed by atoms with E-state index in [-0.39, 0.29) is 0 Å². The van der Waals surface area contributed by atoms with Crippen LogP contribution in [0, 0.1) is 0 Å². The average molecular weight is 986 g/mol. The normalized spacial score (nSPS) is 12.6. The summed E-state index contributed by atoms with van der Waals surface area (Å²) in [7, 11) is 0. The molecule has 0 unspecified atom stereocenters. The summed E-state index contributed by atoms with van der Waals surface area (Å²) in [5, 5.41) is 4.90. The van der Waals surface area contributed by atoms with Crippen molar-refractivity contribution in [3.05, 3.63) is 307 Å². The van der Waals surface area contributed by atoms with Gasteiger partial charge in [-0.25, -0.2) is 0 Å². The second-order valence-corrected chi connectivity index (χ2v) is 21.0. The molecule has 0 N–H and O–H groups in total. The highest BCUT2D eigenvalue weighted by Crippen LogP contribution is 2.59. The van der Waals surface area contributed by atoms with Crippen molar-refractivity contribution in [2.24, 2.45) is 0 Å². The van der Waals surface area contributed by atoms with Crippen LogP contribution in [0.3, 0.4) is 0 Å². The first-order valence-corrected chi connectivity index (χ1v) is 26.9. The molecule has 0 radical (unpaired) electrons. The fourth-order valence-electron chi connectivity index (χ4n) is 12.2. The van der Waals surface area contributed by atoms with Crippen LogP contribution in [0.5, 0.6) is 0 Å². The van der Waals surface area contributed by atoms with Crippen molar-refractivity contribution in [1.29, 1.82) is 0 Å². The first-order chi connectivity index (χ1) is 37.7. The third-order valence-corrected chi connectivity index (χ3v) is 16.9. The summed E-state index contributed by atoms with van der Waals surface area (Å²) in [6, 6.07) is 105. The van der Waals surface area contributed by atoms with Crippen LogP contribution in [-0.2, 0) is 5.41 Å². The van der Waals surface area contributed by atoms with Gasteiger partial charge in [-0.2, -0.15) is 0 Å². The lowest BCUT2D eigenvalue weighted by Crippen LogP contribution is -2.28. The first kappa shape index (κ1) is 44.0. The molecule has 0 saturated carbocycles. The average Bonchev–Trinajstić information content (AvgIpc) is 4.22. The van der Waals surface area contributed by atoms with Crippen LogP contribution in [-0.4, -0.2) is 0 Å². The van der Waals surface area contributed by atoms with E-state index in [1.54, 1.807) is 0 Å². The van der Waals surface area contributed by atoms with E-state index in [1.165, 1.54) is 75.8 Å². The van der Waals surface area contributed by atoms with Crippen LogP contribution in [0.15, 0.2) is 290 Å². The van der Waals surface area contributed by atoms with Gasteiger partial charge in [-0.15, -0.1) is 11.3 Å². The molecule has 2 aromatic heterocycles. The molecule has 0 spiro atoms. The lowest BCUT2D eigenvalue weighted by molar-refractivity contribution is 0.669. The number of thiophene rings is 1. The Balaban J connectivity index is 0.838. The fraction of sp³-hybridized carbons (Fsp3) is 0.0137. The highest BCUT2D eigenvalue weighted by Gasteiger charge is 2.47. The summed E-state index contributed by atoms with van der Waals surface area (Å²) >= 11 is 1.86. The minimum Gasteiger partial charge on any atom is -0.456 e. The van der Waals surface area contributed by atoms with E-state index in [0.717, 1.165) is 61.3 Å². The molecule has 0 atom stereocenters. The second-order valence-electron chi connectivity index (χ2n) is 19.9. The van der Waals surface area contributed by atoms with Gasteiger partial charge in [-0.1, -0.05) is 212 Å². The van der Waals surface area contributed by atoms with Crippen molar-refractivity contribution in [3.8, 4) is 55.6 Å². The number of fused-ring (bicyclic) bond motifs is 9. The molecule has 3 heteroatoms. The molecular formula is C73H47NOS. The Morgan fingerprint density at radius 1 is 0.303 bits per heavy atom. The maximum absolute atomic E-state index is 6.18. The van der Waals surface area contributed by atoms with Gasteiger partial charge in [0.15, 0.2) is 0 Å². The topological polar surface area (TPSA) is 16.4 Å². The van der Waals surface area contributed by atoms with Gasteiger partial charge in [0.2, 0.25) is 0 Å². The largest absolute Gasteiger partial charge is 0.456 e. The van der Waals surface area contributed by atoms with Gasteiger partial charge in [-0.3, -0.25) is 0 Å². The third kappa shape index (κ3) is 7.08. The Kier molecular flexibility index (Phi) is 10.3. The summed E-state index contributed by atoms with van der Waals surface area (Å²) in [4.78, 5) is 2.46. The molecule has 356 valence electrons. The van der Waals surface area contributed by atoms with Crippen molar-refractivity contribution in [2.45, 2.75) is 5.41 Å². The Hall–Kier alpha value is -9.54. The van der Waals surface area contributed by atoms with E-state index in [0.29, 0.717) is 0 Å². The van der Waals surface area contributed by atoms with Gasteiger partial charge in [0, 0.05) is 47.9 Å². The molecule has 0 aliphatic heterocycles. The number of hydrogen-bond acceptors (Lipinski definition) is 3. The fourth-order valence-corrected chi connectivity index (χ4v) is 13.3. The van der Waals surface area contributed by atoms with Crippen molar-refractivity contribution >= 4 is 70.5 Å². The van der Waals surface area contributed by atoms with E-state index in [1.807, 2.05) is 23.5 Å². The highest BCUT2D eigenvalue weighted by atomic mass is 32.1. The molecule has 76 heavy (non-hydrogen) atoms. The Labute approximate surface area is 445 Å². The van der Waals surface area contributed by atoms with Crippen LogP contribution in [0.1, 0.15) is 22.3 Å². The summed E-state index contributed by atoms with van der Waals surface area (Å²) in [5.41, 5.74) is 21.5. The lowest BCUT2D eigenvalue weighted by atomic mass is 9.68. The molecule has 15 rings (SSSR count). The quantitative estimate of drug-likeness (QED) is 0.143. The number of furan rings is 1. The molecule has 2 heterocycles. The van der Waals surface area contributed by atoms with Crippen molar-refractivity contribution in [1.82, 2.24) is 0 Å². The molecule has 0 bridgehead atoms. The van der Waals surface area contributed by atoms with Crippen LogP contribution in [0.2, 0.25) is 0 Å². The Morgan fingerprint density at radius 3 is 1.49 bits per heavy atom. The minimum absolute atomic E-state index is 0.528. The zero-order chi connectivity index (χ0) is 50.2. The summed E-state index contributed by atoms with van der Waals surface area (Å²) in [6.45, 7) is 0. The van der Waals surface area contributed by atoms with Crippen LogP contribution < -0.4 is 4.90 Å². The number of para-hydroxylation sites is 1. The molecule has 0 fully saturated rings. The monoisotopic (exact) mass is 985 g/mol. The van der Waals surface area contributed by atoms with E-state index < -0.39 is 5.41 Å². The van der Waals surface area contributed by atoms with Gasteiger partial charge in [0.1, 0.15) is 11.2 Å². The van der Waals surface area contributed by atoms with Crippen LogP contribution in [0.25, 0.3) is 97.7 Å². The summed E-state index contributed by atoms with van der Waals surface area (Å²) < 4.78 is 8.83. The number of hydrogen-bond donors (Lipinski definition) is 0. The zero-order valence-electron chi connectivity index (χ0n) is 41.4. The Bertz CT molecular complexity index is 4450. The molecular weight excluding hydrogens is 939 g/mol. The number of benzene rings is 12. The van der Waals surface area contributed by atoms with E-state index in [9.17, 15) is 0 Å². The smallest absolute Gasteiger partial charge is 0.135 e. The molecule has 0 amide bonds. The SMILES string of the molecule is c1ccc(C2(c3ccccc3)c3ccccc3-c3c(N(c4ccc(-c5ccc(-c6ccc7sc8ccccc8c7c6)cc5)cc4)c4ccc(-c5cccc(-c6ccc7oc8ccccc8c7c6)c5)cc4)cccc32)cc1. The van der Waals surface area contributed by atoms with Crippen molar-refractivity contribution < 1.29 is 4.42 Å². The van der Waals surface area contributed by atoms with Gasteiger partial charge in [-0.05, 0) is 145 Å². The molecule has 12 aromatic carbocycles. The standard InChI is InChI=1S/C73H47NOS/c1-3-17-56(18-4-1)73(57-19-5-2-6-20-57)65-24-10-7-23-62(65)72-66(73)25-14-26-67(72)74(58-39-33-49(34-40-58)48-29-31-50(32-30-48)54-38-44-71-64(47-54)61-22-9-12-28-70(61)76-71)59-41-35-51(36-42-59)52-15-13-16-53(45-52)55-37-43-69-63(46-55)60-21-8-11-27-68(60)75-69/h1-47H. The molecule has 14 aromatic rings. The Morgan fingerprint density at radius 2 is 0.776 bits per heavy atom. The highest BCUT2D eigenvalue weighted by molar-refractivity contribution is 7.25. The van der Waals surface area contributed by atoms with Gasteiger partial charge < -0.3 is 9.32 Å². The van der Waals surface area contributed by atoms with Gasteiger partial charge >= 0.3 is 0 Å². The van der Waals surface area contributed by atoms with Crippen molar-refractivity contribution in [2.75, 3.05) is 4.90 Å². The van der Waals surface area contributed by atoms with Crippen LogP contribution in [0.4, 0.5) is 17.1 Å². The minimum atomic E-state index is -0.528. The summed E-state index contributed by atoms with van der Waals surface area (Å²) in [5.74, 6) is 0. The first-order valence-electron chi connectivity index (χ1n) is 26.0. The molecule has 1 aliphatic carbocycles. The van der Waals surface area contributed by atoms with Gasteiger partial charge in [0.05, 0.1) is 11.1 Å². The number of anilines is 3. The predicted molar refractivity (Wildman–Crippen MR) is 320 cm³/mol. The van der Waals surface area contributed by atoms with Crippen LogP contribution >= 0.6 is 11.3 Å². The lowest BCUT2D eigenvalue weighted by Gasteiger charge is -2.34. The molecule has 1 aliphatic rings. The maximum atomic E-state index is 6.18. The second kappa shape index (κ2) is 17.8. The maximum Gasteiger partial charge on any atom is 0.135 e. The van der Waals surface area contributed by atoms with E-state index in [2.05, 4.69) is 278 Å². The number of nitrogens with zero attached hydrogens (tertiary/aromatic N) is 1. The summed E-state index contributed by atoms with van der Waals surface area (Å²) in [6.07, 6.45) is 0. The zero-order valence-corrected chi connectivity index (χ0v) is 42.2. The molecule has 0 saturated heterocycles. The number of rotatable bonds is 9. The van der Waals surface area contributed by atoms with E-state index in [4.69, 9.17) is 4.42 Å². The van der Waals surface area contributed by atoms with E-state index >= 15 is 0 Å². The van der Waals surface area contributed by atoms with Crippen molar-refractivity contribution in [3.63, 3.8) is 0 Å². The third-order valence-electron chi connectivity index (χ3n) is 15.8. The van der Waals surface area contributed by atoms with Gasteiger partial charge in [0.25, 0.3) is 0 Å².